The lowest BCUT2D eigenvalue weighted by Crippen LogP contribution is -2.32. The first kappa shape index (κ1) is 18.4. The van der Waals surface area contributed by atoms with E-state index in [2.05, 4.69) is 17.0 Å². The molecule has 1 N–H and O–H groups in total. The van der Waals surface area contributed by atoms with Gasteiger partial charge in [0.2, 0.25) is 0 Å². The minimum atomic E-state index is 0.0825. The Balaban J connectivity index is 1.66. The summed E-state index contributed by atoms with van der Waals surface area (Å²) < 4.78 is 1.87. The van der Waals surface area contributed by atoms with E-state index in [0.717, 1.165) is 41.0 Å². The number of aliphatic hydroxyl groups excluding tert-OH is 1. The van der Waals surface area contributed by atoms with E-state index in [1.165, 1.54) is 25.9 Å². The van der Waals surface area contributed by atoms with E-state index in [9.17, 15) is 5.11 Å². The minimum absolute atomic E-state index is 0.0825. The summed E-state index contributed by atoms with van der Waals surface area (Å²) in [5.74, 6) is 2.51. The van der Waals surface area contributed by atoms with Crippen LogP contribution in [0.5, 0.6) is 0 Å². The Morgan fingerprint density at radius 1 is 1.36 bits per heavy atom. The summed E-state index contributed by atoms with van der Waals surface area (Å²) in [6, 6.07) is 7.81. The van der Waals surface area contributed by atoms with Gasteiger partial charge in [-0.05, 0) is 56.5 Å². The maximum absolute atomic E-state index is 9.32. The highest BCUT2D eigenvalue weighted by Crippen LogP contribution is 2.20. The fraction of sp³-hybridized carbons (Fsp3) is 0.579. The third kappa shape index (κ3) is 5.27. The average Bonchev–Trinajstić information content (AvgIpc) is 2.95. The molecule has 6 heteroatoms. The van der Waals surface area contributed by atoms with Gasteiger partial charge in [0.25, 0.3) is 0 Å². The van der Waals surface area contributed by atoms with Crippen LogP contribution in [-0.4, -0.2) is 51.5 Å². The lowest BCUT2D eigenvalue weighted by atomic mass is 9.93. The molecule has 3 rings (SSSR count). The summed E-state index contributed by atoms with van der Waals surface area (Å²) in [6.45, 7) is 2.96. The molecule has 0 bridgehead atoms. The highest BCUT2D eigenvalue weighted by Gasteiger charge is 2.18. The normalized spacial score (nSPS) is 18.6. The molecule has 1 aliphatic heterocycles. The van der Waals surface area contributed by atoms with Crippen LogP contribution < -0.4 is 0 Å². The molecule has 1 aromatic heterocycles. The van der Waals surface area contributed by atoms with Crippen molar-refractivity contribution in [1.29, 1.82) is 0 Å². The van der Waals surface area contributed by atoms with Crippen molar-refractivity contribution < 1.29 is 5.11 Å². The molecule has 1 aliphatic rings. The molecule has 0 spiro atoms. The largest absolute Gasteiger partial charge is 0.394 e. The molecule has 1 unspecified atom stereocenters. The van der Waals surface area contributed by atoms with Crippen LogP contribution in [0, 0.1) is 5.92 Å². The zero-order valence-electron chi connectivity index (χ0n) is 14.9. The molecular weight excluding hydrogens is 336 g/mol. The Bertz CT molecular complexity index is 688. The van der Waals surface area contributed by atoms with Gasteiger partial charge in [-0.3, -0.25) is 0 Å². The number of hydrogen-bond donors (Lipinski definition) is 1. The Hall–Kier alpha value is -1.43. The third-order valence-electron chi connectivity index (χ3n) is 4.85. The van der Waals surface area contributed by atoms with E-state index < -0.39 is 0 Å². The van der Waals surface area contributed by atoms with Crippen LogP contribution in [0.25, 0.3) is 0 Å². The van der Waals surface area contributed by atoms with Crippen LogP contribution in [0.15, 0.2) is 24.3 Å². The van der Waals surface area contributed by atoms with Crippen molar-refractivity contribution in [1.82, 2.24) is 19.7 Å². The molecule has 0 amide bonds. The van der Waals surface area contributed by atoms with Gasteiger partial charge in [-0.1, -0.05) is 23.7 Å². The first-order valence-electron chi connectivity index (χ1n) is 9.10. The van der Waals surface area contributed by atoms with Crippen LogP contribution in [-0.2, 0) is 19.4 Å². The zero-order chi connectivity index (χ0) is 17.6. The smallest absolute Gasteiger partial charge is 0.155 e. The van der Waals surface area contributed by atoms with Crippen LogP contribution in [0.4, 0.5) is 0 Å². The van der Waals surface area contributed by atoms with Crippen molar-refractivity contribution in [3.8, 4) is 0 Å². The maximum atomic E-state index is 9.32. The van der Waals surface area contributed by atoms with Crippen molar-refractivity contribution >= 4 is 11.6 Å². The van der Waals surface area contributed by atoms with Gasteiger partial charge >= 0.3 is 0 Å². The van der Waals surface area contributed by atoms with Crippen LogP contribution >= 0.6 is 11.6 Å². The molecule has 1 saturated heterocycles. The van der Waals surface area contributed by atoms with E-state index in [1.54, 1.807) is 0 Å². The van der Waals surface area contributed by atoms with Gasteiger partial charge in [-0.15, -0.1) is 0 Å². The van der Waals surface area contributed by atoms with E-state index >= 15 is 0 Å². The molecule has 5 nitrogen and oxygen atoms in total. The number of aryl methyl sites for hydroxylation is 1. The van der Waals surface area contributed by atoms with E-state index in [4.69, 9.17) is 16.6 Å². The molecule has 136 valence electrons. The van der Waals surface area contributed by atoms with Crippen molar-refractivity contribution in [2.45, 2.75) is 38.6 Å². The predicted octanol–water partition coefficient (Wildman–Crippen LogP) is 2.79. The summed E-state index contributed by atoms with van der Waals surface area (Å²) >= 11 is 6.06. The minimum Gasteiger partial charge on any atom is -0.394 e. The number of benzene rings is 1. The number of aliphatic hydroxyl groups is 1. The van der Waals surface area contributed by atoms with Crippen LogP contribution in [0.2, 0.25) is 5.02 Å². The lowest BCUT2D eigenvalue weighted by Gasteiger charge is -2.29. The first-order valence-corrected chi connectivity index (χ1v) is 9.48. The van der Waals surface area contributed by atoms with E-state index in [1.807, 2.05) is 28.9 Å². The number of piperidine rings is 1. The highest BCUT2D eigenvalue weighted by atomic mass is 35.5. The Morgan fingerprint density at radius 2 is 2.24 bits per heavy atom. The fourth-order valence-corrected chi connectivity index (χ4v) is 3.84. The quantitative estimate of drug-likeness (QED) is 0.822. The van der Waals surface area contributed by atoms with Gasteiger partial charge in [-0.2, -0.15) is 5.10 Å². The van der Waals surface area contributed by atoms with Gasteiger partial charge in [-0.25, -0.2) is 9.67 Å². The van der Waals surface area contributed by atoms with E-state index in [-0.39, 0.29) is 6.61 Å². The summed E-state index contributed by atoms with van der Waals surface area (Å²) in [4.78, 5) is 7.16. The average molecular weight is 363 g/mol. The molecule has 1 fully saturated rings. The number of hydrogen-bond acceptors (Lipinski definition) is 4. The summed E-state index contributed by atoms with van der Waals surface area (Å²) in [7, 11) is 2.20. The summed E-state index contributed by atoms with van der Waals surface area (Å²) in [6.07, 6.45) is 5.29. The van der Waals surface area contributed by atoms with Crippen LogP contribution in [0.1, 0.15) is 36.5 Å². The standard InChI is InChI=1S/C19H27ClN4O/c1-23-9-3-5-15(14-23)7-8-19-21-18(22-24(19)10-11-25)13-16-4-2-6-17(20)12-16/h2,4,6,12,15,25H,3,5,7-11,13-14H2,1H3. The number of halogens is 1. The van der Waals surface area contributed by atoms with Gasteiger partial charge in [0.05, 0.1) is 13.2 Å². The number of aromatic nitrogens is 3. The zero-order valence-corrected chi connectivity index (χ0v) is 15.6. The second-order valence-electron chi connectivity index (χ2n) is 7.01. The van der Waals surface area contributed by atoms with Crippen molar-refractivity contribution in [2.75, 3.05) is 26.7 Å². The molecule has 1 atom stereocenters. The Morgan fingerprint density at radius 3 is 3.00 bits per heavy atom. The molecule has 2 heterocycles. The monoisotopic (exact) mass is 362 g/mol. The van der Waals surface area contributed by atoms with Crippen molar-refractivity contribution in [3.05, 3.63) is 46.5 Å². The van der Waals surface area contributed by atoms with Gasteiger partial charge in [0, 0.05) is 24.4 Å². The van der Waals surface area contributed by atoms with Crippen molar-refractivity contribution in [3.63, 3.8) is 0 Å². The van der Waals surface area contributed by atoms with Gasteiger partial charge in [0.1, 0.15) is 5.82 Å². The Labute approximate surface area is 154 Å². The van der Waals surface area contributed by atoms with E-state index in [0.29, 0.717) is 13.0 Å². The molecule has 0 radical (unpaired) electrons. The molecule has 0 saturated carbocycles. The maximum Gasteiger partial charge on any atom is 0.155 e. The predicted molar refractivity (Wildman–Crippen MR) is 99.9 cm³/mol. The Kier molecular flexibility index (Phi) is 6.45. The second kappa shape index (κ2) is 8.79. The molecule has 1 aromatic carbocycles. The first-order chi connectivity index (χ1) is 12.1. The molecule has 0 aliphatic carbocycles. The topological polar surface area (TPSA) is 54.2 Å². The SMILES string of the molecule is CN1CCCC(CCc2nc(Cc3cccc(Cl)c3)nn2CCO)C1. The number of rotatable bonds is 7. The fourth-order valence-electron chi connectivity index (χ4n) is 3.63. The highest BCUT2D eigenvalue weighted by molar-refractivity contribution is 6.30. The third-order valence-corrected chi connectivity index (χ3v) is 5.09. The lowest BCUT2D eigenvalue weighted by molar-refractivity contribution is 0.201. The van der Waals surface area contributed by atoms with Gasteiger partial charge < -0.3 is 10.0 Å². The molecule has 25 heavy (non-hydrogen) atoms. The summed E-state index contributed by atoms with van der Waals surface area (Å²) in [5.41, 5.74) is 1.11. The molecular formula is C19H27ClN4O. The van der Waals surface area contributed by atoms with Crippen molar-refractivity contribution in [2.24, 2.45) is 5.92 Å². The number of nitrogens with zero attached hydrogens (tertiary/aromatic N) is 4. The van der Waals surface area contributed by atoms with Crippen LogP contribution in [0.3, 0.4) is 0 Å². The second-order valence-corrected chi connectivity index (χ2v) is 7.44. The van der Waals surface area contributed by atoms with Gasteiger partial charge in [0.15, 0.2) is 5.82 Å². The molecule has 2 aromatic rings. The summed E-state index contributed by atoms with van der Waals surface area (Å²) in [5, 5.41) is 14.6. The number of likely N-dealkylation sites (tertiary alicyclic amines) is 1.